The van der Waals surface area contributed by atoms with E-state index < -0.39 is 16.8 Å². The van der Waals surface area contributed by atoms with E-state index in [2.05, 4.69) is 4.74 Å². The van der Waals surface area contributed by atoms with Gasteiger partial charge in [0.2, 0.25) is 5.91 Å². The average molecular weight is 294 g/mol. The number of hydrogen-bond acceptors (Lipinski definition) is 6. The molecule has 1 unspecified atom stereocenters. The van der Waals surface area contributed by atoms with Gasteiger partial charge in [-0.3, -0.25) is 19.7 Å². The van der Waals surface area contributed by atoms with E-state index in [-0.39, 0.29) is 30.2 Å². The van der Waals surface area contributed by atoms with Gasteiger partial charge in [0.25, 0.3) is 5.69 Å². The molecule has 112 valence electrons. The molecule has 1 atom stereocenters. The molecule has 0 radical (unpaired) electrons. The molecule has 1 amide bonds. The molecule has 0 aromatic heterocycles. The Morgan fingerprint density at radius 1 is 1.43 bits per heavy atom. The second kappa shape index (κ2) is 5.78. The van der Waals surface area contributed by atoms with Crippen LogP contribution in [0.15, 0.2) is 18.2 Å². The van der Waals surface area contributed by atoms with Gasteiger partial charge in [-0.1, -0.05) is 0 Å². The van der Waals surface area contributed by atoms with Crippen molar-refractivity contribution in [3.05, 3.63) is 28.3 Å². The van der Waals surface area contributed by atoms with E-state index >= 15 is 0 Å². The first-order valence-corrected chi connectivity index (χ1v) is 6.18. The van der Waals surface area contributed by atoms with Crippen LogP contribution in [0.4, 0.5) is 11.4 Å². The Morgan fingerprint density at radius 2 is 2.14 bits per heavy atom. The van der Waals surface area contributed by atoms with Crippen LogP contribution in [0.1, 0.15) is 6.42 Å². The molecule has 1 aromatic carbocycles. The van der Waals surface area contributed by atoms with Gasteiger partial charge in [-0.2, -0.15) is 0 Å². The number of carbonyl (C=O) groups excluding carboxylic acids is 2. The van der Waals surface area contributed by atoms with Gasteiger partial charge in [0.05, 0.1) is 31.1 Å². The lowest BCUT2D eigenvalue weighted by Crippen LogP contribution is -2.26. The summed E-state index contributed by atoms with van der Waals surface area (Å²) in [6.07, 6.45) is -0.0180. The van der Waals surface area contributed by atoms with E-state index in [4.69, 9.17) is 4.74 Å². The third-order valence-corrected chi connectivity index (χ3v) is 3.33. The fourth-order valence-corrected chi connectivity index (χ4v) is 2.27. The van der Waals surface area contributed by atoms with Gasteiger partial charge in [-0.15, -0.1) is 0 Å². The standard InChI is InChI=1S/C13H14N2O6/c1-20-9-3-4-10(11(6-9)15(18)19)14-7-8(5-12(14)16)13(17)21-2/h3-4,6,8H,5,7H2,1-2H3. The number of methoxy groups -OCH3 is 2. The molecule has 1 aliphatic heterocycles. The molecule has 0 bridgehead atoms. The Kier molecular flexibility index (Phi) is 4.06. The number of esters is 1. The average Bonchev–Trinajstić information content (AvgIpc) is 2.87. The highest BCUT2D eigenvalue weighted by molar-refractivity contribution is 6.01. The quantitative estimate of drug-likeness (QED) is 0.469. The number of amides is 1. The summed E-state index contributed by atoms with van der Waals surface area (Å²) in [7, 11) is 2.64. The number of nitrogens with zero attached hydrogens (tertiary/aromatic N) is 2. The topological polar surface area (TPSA) is 99.0 Å². The van der Waals surface area contributed by atoms with Gasteiger partial charge in [0.15, 0.2) is 0 Å². The SMILES string of the molecule is COC(=O)C1CC(=O)N(c2ccc(OC)cc2[N+](=O)[O-])C1. The molecule has 8 nitrogen and oxygen atoms in total. The number of ether oxygens (including phenoxy) is 2. The molecule has 21 heavy (non-hydrogen) atoms. The number of rotatable bonds is 4. The van der Waals surface area contributed by atoms with Gasteiger partial charge in [0.1, 0.15) is 11.4 Å². The van der Waals surface area contributed by atoms with E-state index in [0.29, 0.717) is 5.75 Å². The Hall–Kier alpha value is -2.64. The second-order valence-corrected chi connectivity index (χ2v) is 4.54. The van der Waals surface area contributed by atoms with Crippen LogP contribution in [0.2, 0.25) is 0 Å². The number of hydrogen-bond donors (Lipinski definition) is 0. The van der Waals surface area contributed by atoms with E-state index in [0.717, 1.165) is 0 Å². The van der Waals surface area contributed by atoms with Crippen molar-refractivity contribution in [3.8, 4) is 5.75 Å². The van der Waals surface area contributed by atoms with Crippen LogP contribution in [0.25, 0.3) is 0 Å². The molecular weight excluding hydrogens is 280 g/mol. The molecule has 1 saturated heterocycles. The maximum Gasteiger partial charge on any atom is 0.311 e. The Bertz CT molecular complexity index is 600. The first-order valence-electron chi connectivity index (χ1n) is 6.18. The predicted octanol–water partition coefficient (Wildman–Crippen LogP) is 1.13. The van der Waals surface area contributed by atoms with E-state index in [1.165, 1.54) is 37.3 Å². The Labute approximate surface area is 120 Å². The normalized spacial score (nSPS) is 17.7. The molecule has 0 N–H and O–H groups in total. The first kappa shape index (κ1) is 14.8. The van der Waals surface area contributed by atoms with Crippen LogP contribution in [-0.2, 0) is 14.3 Å². The summed E-state index contributed by atoms with van der Waals surface area (Å²) in [5, 5.41) is 11.1. The maximum absolute atomic E-state index is 12.0. The molecule has 1 aromatic rings. The molecule has 0 aliphatic carbocycles. The summed E-state index contributed by atoms with van der Waals surface area (Å²) >= 11 is 0. The zero-order valence-electron chi connectivity index (χ0n) is 11.6. The van der Waals surface area contributed by atoms with Crippen LogP contribution in [0.5, 0.6) is 5.75 Å². The number of nitro groups is 1. The monoisotopic (exact) mass is 294 g/mol. The van der Waals surface area contributed by atoms with Gasteiger partial charge >= 0.3 is 5.97 Å². The van der Waals surface area contributed by atoms with Gasteiger partial charge in [-0.25, -0.2) is 0 Å². The highest BCUT2D eigenvalue weighted by Gasteiger charge is 2.38. The number of benzene rings is 1. The van der Waals surface area contributed by atoms with E-state index in [9.17, 15) is 19.7 Å². The van der Waals surface area contributed by atoms with E-state index in [1.807, 2.05) is 0 Å². The van der Waals surface area contributed by atoms with Crippen molar-refractivity contribution in [2.75, 3.05) is 25.7 Å². The summed E-state index contributed by atoms with van der Waals surface area (Å²) in [6, 6.07) is 4.21. The minimum absolute atomic E-state index is 0.0180. The number of carbonyl (C=O) groups is 2. The van der Waals surface area contributed by atoms with Crippen LogP contribution in [0, 0.1) is 16.0 Å². The molecule has 0 spiro atoms. The van der Waals surface area contributed by atoms with Gasteiger partial charge < -0.3 is 14.4 Å². The van der Waals surface area contributed by atoms with Crippen molar-refractivity contribution in [2.24, 2.45) is 5.92 Å². The molecular formula is C13H14N2O6. The van der Waals surface area contributed by atoms with E-state index in [1.54, 1.807) is 0 Å². The molecule has 2 rings (SSSR count). The summed E-state index contributed by atoms with van der Waals surface area (Å²) in [5.74, 6) is -1.13. The zero-order valence-corrected chi connectivity index (χ0v) is 11.6. The van der Waals surface area contributed by atoms with Crippen LogP contribution in [-0.4, -0.2) is 37.6 Å². The first-order chi connectivity index (χ1) is 9.97. The summed E-state index contributed by atoms with van der Waals surface area (Å²) < 4.78 is 9.55. The van der Waals surface area contributed by atoms with Crippen LogP contribution < -0.4 is 9.64 Å². The van der Waals surface area contributed by atoms with Crippen LogP contribution >= 0.6 is 0 Å². The van der Waals surface area contributed by atoms with Crippen molar-refractivity contribution in [1.29, 1.82) is 0 Å². The predicted molar refractivity (Wildman–Crippen MR) is 72.1 cm³/mol. The lowest BCUT2D eigenvalue weighted by atomic mass is 10.1. The van der Waals surface area contributed by atoms with Crippen LogP contribution in [0.3, 0.4) is 0 Å². The molecule has 1 aliphatic rings. The van der Waals surface area contributed by atoms with Gasteiger partial charge in [0, 0.05) is 13.0 Å². The fourth-order valence-electron chi connectivity index (χ4n) is 2.27. The highest BCUT2D eigenvalue weighted by atomic mass is 16.6. The smallest absolute Gasteiger partial charge is 0.311 e. The van der Waals surface area contributed by atoms with Crippen molar-refractivity contribution < 1.29 is 24.0 Å². The molecule has 0 saturated carbocycles. The lowest BCUT2D eigenvalue weighted by molar-refractivity contribution is -0.384. The zero-order chi connectivity index (χ0) is 15.6. The fraction of sp³-hybridized carbons (Fsp3) is 0.385. The van der Waals surface area contributed by atoms with Crippen molar-refractivity contribution in [3.63, 3.8) is 0 Å². The Morgan fingerprint density at radius 3 is 2.71 bits per heavy atom. The molecule has 1 fully saturated rings. The van der Waals surface area contributed by atoms with Gasteiger partial charge in [-0.05, 0) is 12.1 Å². The maximum atomic E-state index is 12.0. The minimum Gasteiger partial charge on any atom is -0.496 e. The lowest BCUT2D eigenvalue weighted by Gasteiger charge is -2.16. The van der Waals surface area contributed by atoms with Crippen molar-refractivity contribution in [1.82, 2.24) is 0 Å². The van der Waals surface area contributed by atoms with Crippen molar-refractivity contribution >= 4 is 23.3 Å². The summed E-state index contributed by atoms with van der Waals surface area (Å²) in [4.78, 5) is 35.3. The molecule has 1 heterocycles. The largest absolute Gasteiger partial charge is 0.496 e. The molecule has 8 heteroatoms. The Balaban J connectivity index is 2.36. The second-order valence-electron chi connectivity index (χ2n) is 4.54. The number of anilines is 1. The third-order valence-electron chi connectivity index (χ3n) is 3.33. The number of nitro benzene ring substituents is 1. The third kappa shape index (κ3) is 2.78. The highest BCUT2D eigenvalue weighted by Crippen LogP contribution is 2.35. The summed E-state index contributed by atoms with van der Waals surface area (Å²) in [6.45, 7) is 0.0681. The minimum atomic E-state index is -0.607. The summed E-state index contributed by atoms with van der Waals surface area (Å²) in [5.41, 5.74) is -0.0922. The van der Waals surface area contributed by atoms with Crippen molar-refractivity contribution in [2.45, 2.75) is 6.42 Å².